The molecule has 1 saturated heterocycles. The molecule has 4 rings (SSSR count). The molecule has 0 radical (unpaired) electrons. The predicted octanol–water partition coefficient (Wildman–Crippen LogP) is 3.86. The number of carbonyl (C=O) groups excluding carboxylic acids is 2. The number of halogens is 3. The second kappa shape index (κ2) is 10.0. The molecule has 1 amide bonds. The molecule has 2 N–H and O–H groups in total. The molecule has 1 atom stereocenters. The van der Waals surface area contributed by atoms with Crippen LogP contribution in [-0.2, 0) is 14.3 Å². The van der Waals surface area contributed by atoms with Crippen LogP contribution >= 0.6 is 0 Å². The molecule has 0 aromatic heterocycles. The number of esters is 1. The van der Waals surface area contributed by atoms with E-state index >= 15 is 0 Å². The molecule has 2 aromatic carbocycles. The van der Waals surface area contributed by atoms with Gasteiger partial charge in [0.1, 0.15) is 18.1 Å². The first-order valence-corrected chi connectivity index (χ1v) is 11.6. The fraction of sp³-hybridized carbons (Fsp3) is 0.440. The van der Waals surface area contributed by atoms with Gasteiger partial charge in [0.05, 0.1) is 5.69 Å². The molecule has 2 aliphatic heterocycles. The number of phenols is 1. The SMILES string of the molecule is CC(=O)Nc1ccc(O)cc1OC[C@](C)(CN1CCC2(CC1)Oc1ccccc1O2)OC(=O)C(F)(F)F. The molecule has 12 heteroatoms. The zero-order chi connectivity index (χ0) is 26.8. The maximum atomic E-state index is 13.1. The molecule has 0 aliphatic carbocycles. The predicted molar refractivity (Wildman–Crippen MR) is 125 cm³/mol. The van der Waals surface area contributed by atoms with E-state index in [1.807, 2.05) is 17.0 Å². The highest BCUT2D eigenvalue weighted by Crippen LogP contribution is 2.43. The largest absolute Gasteiger partial charge is 0.508 e. The van der Waals surface area contributed by atoms with Gasteiger partial charge in [-0.2, -0.15) is 13.2 Å². The highest BCUT2D eigenvalue weighted by Gasteiger charge is 2.48. The van der Waals surface area contributed by atoms with Gasteiger partial charge in [-0.15, -0.1) is 0 Å². The van der Waals surface area contributed by atoms with Gasteiger partial charge >= 0.3 is 12.1 Å². The van der Waals surface area contributed by atoms with Crippen LogP contribution in [0.15, 0.2) is 42.5 Å². The van der Waals surface area contributed by atoms with E-state index in [1.54, 1.807) is 12.1 Å². The average Bonchev–Trinajstić information content (AvgIpc) is 3.18. The lowest BCUT2D eigenvalue weighted by molar-refractivity contribution is -0.217. The van der Waals surface area contributed by atoms with Gasteiger partial charge in [0, 0.05) is 45.5 Å². The normalized spacial score (nSPS) is 18.2. The summed E-state index contributed by atoms with van der Waals surface area (Å²) in [7, 11) is 0. The van der Waals surface area contributed by atoms with Gasteiger partial charge in [0.2, 0.25) is 5.91 Å². The number of amides is 1. The monoisotopic (exact) mass is 524 g/mol. The van der Waals surface area contributed by atoms with Gasteiger partial charge in [-0.1, -0.05) is 12.1 Å². The summed E-state index contributed by atoms with van der Waals surface area (Å²) in [6.45, 7) is 2.84. The van der Waals surface area contributed by atoms with Crippen LogP contribution in [0.3, 0.4) is 0 Å². The minimum absolute atomic E-state index is 0.00704. The number of rotatable bonds is 7. The Morgan fingerprint density at radius 2 is 1.73 bits per heavy atom. The molecule has 9 nitrogen and oxygen atoms in total. The molecule has 0 unspecified atom stereocenters. The summed E-state index contributed by atoms with van der Waals surface area (Å²) in [4.78, 5) is 25.1. The number of likely N-dealkylation sites (tertiary alicyclic amines) is 1. The van der Waals surface area contributed by atoms with E-state index in [1.165, 1.54) is 32.0 Å². The van der Waals surface area contributed by atoms with E-state index in [9.17, 15) is 27.9 Å². The number of alkyl halides is 3. The Morgan fingerprint density at radius 1 is 1.11 bits per heavy atom. The number of hydrogen-bond donors (Lipinski definition) is 2. The molecule has 1 spiro atoms. The Labute approximate surface area is 211 Å². The fourth-order valence-corrected chi connectivity index (χ4v) is 4.31. The van der Waals surface area contributed by atoms with Crippen molar-refractivity contribution in [3.05, 3.63) is 42.5 Å². The summed E-state index contributed by atoms with van der Waals surface area (Å²) in [5, 5.41) is 12.3. The van der Waals surface area contributed by atoms with E-state index in [0.29, 0.717) is 37.4 Å². The lowest BCUT2D eigenvalue weighted by atomic mass is 10.0. The fourth-order valence-electron chi connectivity index (χ4n) is 4.31. The van der Waals surface area contributed by atoms with Crippen molar-refractivity contribution in [2.45, 2.75) is 44.3 Å². The van der Waals surface area contributed by atoms with Gasteiger partial charge in [0.25, 0.3) is 5.79 Å². The van der Waals surface area contributed by atoms with Crippen molar-refractivity contribution in [1.29, 1.82) is 0 Å². The van der Waals surface area contributed by atoms with Crippen molar-refractivity contribution in [2.75, 3.05) is 31.6 Å². The minimum atomic E-state index is -5.20. The first-order chi connectivity index (χ1) is 17.4. The van der Waals surface area contributed by atoms with Crippen LogP contribution in [0.1, 0.15) is 26.7 Å². The van der Waals surface area contributed by atoms with Crippen LogP contribution in [0, 0.1) is 0 Å². The number of para-hydroxylation sites is 2. The summed E-state index contributed by atoms with van der Waals surface area (Å²) in [5.74, 6) is -2.52. The minimum Gasteiger partial charge on any atom is -0.508 e. The summed E-state index contributed by atoms with van der Waals surface area (Å²) in [6.07, 6.45) is -4.33. The summed E-state index contributed by atoms with van der Waals surface area (Å²) in [5.41, 5.74) is -1.53. The number of ether oxygens (including phenoxy) is 4. The topological polar surface area (TPSA) is 107 Å². The van der Waals surface area contributed by atoms with Crippen LogP contribution in [0.5, 0.6) is 23.0 Å². The maximum Gasteiger partial charge on any atom is 0.490 e. The highest BCUT2D eigenvalue weighted by molar-refractivity contribution is 5.90. The van der Waals surface area contributed by atoms with Crippen molar-refractivity contribution < 1.29 is 46.8 Å². The number of piperidine rings is 1. The van der Waals surface area contributed by atoms with Gasteiger partial charge < -0.3 is 29.4 Å². The molecule has 0 bridgehead atoms. The maximum absolute atomic E-state index is 13.1. The molecular formula is C25H27F3N2O7. The summed E-state index contributed by atoms with van der Waals surface area (Å²) < 4.78 is 61.8. The third kappa shape index (κ3) is 6.37. The number of nitrogens with zero attached hydrogens (tertiary/aromatic N) is 1. The molecule has 0 saturated carbocycles. The average molecular weight is 524 g/mol. The van der Waals surface area contributed by atoms with E-state index in [0.717, 1.165) is 0 Å². The van der Waals surface area contributed by atoms with Crippen LogP contribution in [0.25, 0.3) is 0 Å². The molecule has 2 aliphatic rings. The molecule has 37 heavy (non-hydrogen) atoms. The quantitative estimate of drug-likeness (QED) is 0.416. The second-order valence-electron chi connectivity index (χ2n) is 9.33. The zero-order valence-electron chi connectivity index (χ0n) is 20.3. The van der Waals surface area contributed by atoms with Crippen molar-refractivity contribution in [3.63, 3.8) is 0 Å². The second-order valence-corrected chi connectivity index (χ2v) is 9.33. The Balaban J connectivity index is 1.46. The van der Waals surface area contributed by atoms with Crippen LogP contribution < -0.4 is 19.5 Å². The zero-order valence-corrected chi connectivity index (χ0v) is 20.3. The lowest BCUT2D eigenvalue weighted by Crippen LogP contribution is -2.55. The third-order valence-corrected chi connectivity index (χ3v) is 6.00. The number of hydrogen-bond acceptors (Lipinski definition) is 8. The summed E-state index contributed by atoms with van der Waals surface area (Å²) in [6, 6.07) is 11.2. The summed E-state index contributed by atoms with van der Waals surface area (Å²) >= 11 is 0. The van der Waals surface area contributed by atoms with Crippen molar-refractivity contribution >= 4 is 17.6 Å². The molecule has 2 aromatic rings. The van der Waals surface area contributed by atoms with Crippen LogP contribution in [0.2, 0.25) is 0 Å². The Kier molecular flexibility index (Phi) is 7.13. The number of benzene rings is 2. The number of aromatic hydroxyl groups is 1. The first kappa shape index (κ1) is 26.4. The van der Waals surface area contributed by atoms with Crippen LogP contribution in [-0.4, -0.2) is 65.7 Å². The Bertz CT molecular complexity index is 1140. The Morgan fingerprint density at radius 3 is 2.30 bits per heavy atom. The number of fused-ring (bicyclic) bond motifs is 1. The molecule has 1 fully saturated rings. The highest BCUT2D eigenvalue weighted by atomic mass is 19.4. The van der Waals surface area contributed by atoms with Gasteiger partial charge in [-0.3, -0.25) is 9.69 Å². The number of phenolic OH excluding ortho intramolecular Hbond substituents is 1. The third-order valence-electron chi connectivity index (χ3n) is 6.00. The van der Waals surface area contributed by atoms with Crippen molar-refractivity contribution in [3.8, 4) is 23.0 Å². The molecule has 2 heterocycles. The van der Waals surface area contributed by atoms with Crippen LogP contribution in [0.4, 0.5) is 18.9 Å². The van der Waals surface area contributed by atoms with Crippen molar-refractivity contribution in [1.82, 2.24) is 4.90 Å². The number of carbonyl (C=O) groups is 2. The lowest BCUT2D eigenvalue weighted by Gasteiger charge is -2.41. The number of anilines is 1. The first-order valence-electron chi connectivity index (χ1n) is 11.6. The smallest absolute Gasteiger partial charge is 0.490 e. The van der Waals surface area contributed by atoms with Crippen molar-refractivity contribution in [2.24, 2.45) is 0 Å². The van der Waals surface area contributed by atoms with Gasteiger partial charge in [-0.05, 0) is 31.2 Å². The van der Waals surface area contributed by atoms with E-state index < -0.39 is 36.0 Å². The standard InChI is InChI=1S/C25H27F3N2O7/c1-16(31)29-18-8-7-17(32)13-21(18)34-15-23(2,37-22(33)25(26,27)28)14-30-11-9-24(10-12-30)35-19-5-3-4-6-20(19)36-24/h3-8,13,32H,9-12,14-15H2,1-2H3,(H,29,31)/t23-/m0/s1. The Hall–Kier alpha value is -3.67. The molecule has 200 valence electrons. The van der Waals surface area contributed by atoms with Gasteiger partial charge in [-0.25, -0.2) is 4.79 Å². The van der Waals surface area contributed by atoms with E-state index in [-0.39, 0.29) is 23.7 Å². The van der Waals surface area contributed by atoms with E-state index in [2.05, 4.69) is 5.32 Å². The van der Waals surface area contributed by atoms with E-state index in [4.69, 9.17) is 18.9 Å². The molecular weight excluding hydrogens is 497 g/mol. The van der Waals surface area contributed by atoms with Gasteiger partial charge in [0.15, 0.2) is 17.1 Å². The number of nitrogens with one attached hydrogen (secondary N) is 1.